The van der Waals surface area contributed by atoms with Gasteiger partial charge in [0.25, 0.3) is 5.56 Å². The molecule has 0 atom stereocenters. The highest BCUT2D eigenvalue weighted by molar-refractivity contribution is 5.77. The van der Waals surface area contributed by atoms with Gasteiger partial charge in [-0.05, 0) is 24.3 Å². The molecule has 0 aliphatic carbocycles. The van der Waals surface area contributed by atoms with Crippen LogP contribution in [0, 0.1) is 0 Å². The largest absolute Gasteiger partial charge is 0.288 e. The first kappa shape index (κ1) is 10.5. The first-order valence-corrected chi connectivity index (χ1v) is 5.57. The monoisotopic (exact) mass is 238 g/mol. The Morgan fingerprint density at radius 2 is 1.50 bits per heavy atom. The first-order valence-electron chi connectivity index (χ1n) is 5.57. The minimum atomic E-state index is -0.218. The number of aromatic nitrogens is 2. The highest BCUT2D eigenvalue weighted by atomic mass is 16.1. The van der Waals surface area contributed by atoms with Crippen LogP contribution in [0.5, 0.6) is 0 Å². The minimum absolute atomic E-state index is 0.193. The van der Waals surface area contributed by atoms with E-state index in [4.69, 9.17) is 0 Å². The van der Waals surface area contributed by atoms with Crippen LogP contribution in [0.4, 0.5) is 0 Å². The molecular formula is C14H10N2O2. The second kappa shape index (κ2) is 4.00. The Balaban J connectivity index is 2.43. The molecule has 0 saturated carbocycles. The molecule has 1 aromatic heterocycles. The normalized spacial score (nSPS) is 10.7. The third-order valence-corrected chi connectivity index (χ3v) is 2.81. The summed E-state index contributed by atoms with van der Waals surface area (Å²) < 4.78 is 1.38. The maximum atomic E-state index is 12.2. The Labute approximate surface area is 102 Å². The fraction of sp³-hybridized carbons (Fsp3) is 0. The quantitative estimate of drug-likeness (QED) is 0.701. The molecule has 3 aromatic rings. The van der Waals surface area contributed by atoms with Crippen LogP contribution in [0.25, 0.3) is 16.6 Å². The minimum Gasteiger partial charge on any atom is -0.288 e. The van der Waals surface area contributed by atoms with Gasteiger partial charge in [-0.2, -0.15) is 0 Å². The summed E-state index contributed by atoms with van der Waals surface area (Å²) >= 11 is 0. The molecule has 2 aromatic carbocycles. The van der Waals surface area contributed by atoms with E-state index in [1.807, 2.05) is 18.2 Å². The molecule has 0 unspecified atom stereocenters. The third kappa shape index (κ3) is 1.55. The van der Waals surface area contributed by atoms with Crippen molar-refractivity contribution in [1.29, 1.82) is 0 Å². The summed E-state index contributed by atoms with van der Waals surface area (Å²) in [6.45, 7) is 0. The Kier molecular flexibility index (Phi) is 2.34. The number of fused-ring (bicyclic) bond motifs is 1. The number of benzene rings is 1. The van der Waals surface area contributed by atoms with Gasteiger partial charge in [0.15, 0.2) is 0 Å². The lowest BCUT2D eigenvalue weighted by molar-refractivity contribution is 0.862. The van der Waals surface area contributed by atoms with Gasteiger partial charge in [-0.15, -0.1) is 0 Å². The van der Waals surface area contributed by atoms with Crippen molar-refractivity contribution in [1.82, 2.24) is 9.78 Å². The van der Waals surface area contributed by atoms with Gasteiger partial charge in [-0.3, -0.25) is 14.7 Å². The zero-order valence-corrected chi connectivity index (χ0v) is 9.46. The van der Waals surface area contributed by atoms with Crippen molar-refractivity contribution < 1.29 is 0 Å². The summed E-state index contributed by atoms with van der Waals surface area (Å²) in [6.07, 6.45) is 0. The van der Waals surface area contributed by atoms with Gasteiger partial charge in [0.1, 0.15) is 5.52 Å². The van der Waals surface area contributed by atoms with E-state index in [-0.39, 0.29) is 11.0 Å². The number of nitrogens with zero attached hydrogens (tertiary/aromatic N) is 1. The van der Waals surface area contributed by atoms with Crippen LogP contribution < -0.4 is 11.0 Å². The van der Waals surface area contributed by atoms with Crippen molar-refractivity contribution in [2.75, 3.05) is 0 Å². The van der Waals surface area contributed by atoms with Crippen molar-refractivity contribution in [2.45, 2.75) is 0 Å². The molecule has 0 spiro atoms. The van der Waals surface area contributed by atoms with Crippen molar-refractivity contribution in [2.24, 2.45) is 0 Å². The highest BCUT2D eigenvalue weighted by Gasteiger charge is 2.08. The molecule has 0 bridgehead atoms. The molecule has 4 heteroatoms. The molecule has 88 valence electrons. The molecule has 0 radical (unpaired) electrons. The fourth-order valence-electron chi connectivity index (χ4n) is 1.93. The third-order valence-electron chi connectivity index (χ3n) is 2.81. The predicted molar refractivity (Wildman–Crippen MR) is 70.2 cm³/mol. The van der Waals surface area contributed by atoms with E-state index in [0.717, 1.165) is 0 Å². The van der Waals surface area contributed by atoms with Crippen LogP contribution in [0.2, 0.25) is 0 Å². The van der Waals surface area contributed by atoms with Crippen LogP contribution in [0.15, 0.2) is 64.2 Å². The number of aromatic amines is 1. The van der Waals surface area contributed by atoms with Crippen LogP contribution in [-0.2, 0) is 0 Å². The lowest BCUT2D eigenvalue weighted by Crippen LogP contribution is -2.13. The van der Waals surface area contributed by atoms with Crippen molar-refractivity contribution in [3.63, 3.8) is 0 Å². The van der Waals surface area contributed by atoms with Crippen molar-refractivity contribution >= 4 is 10.9 Å². The van der Waals surface area contributed by atoms with Crippen LogP contribution in [-0.4, -0.2) is 9.78 Å². The molecule has 0 saturated heterocycles. The number of rotatable bonds is 1. The molecule has 0 aliphatic rings. The molecule has 0 amide bonds. The van der Waals surface area contributed by atoms with Gasteiger partial charge in [-0.1, -0.05) is 30.3 Å². The zero-order valence-electron chi connectivity index (χ0n) is 9.46. The second-order valence-electron chi connectivity index (χ2n) is 3.96. The van der Waals surface area contributed by atoms with Gasteiger partial charge >= 0.3 is 0 Å². The maximum Gasteiger partial charge on any atom is 0.279 e. The van der Waals surface area contributed by atoms with E-state index in [0.29, 0.717) is 16.6 Å². The average Bonchev–Trinajstić information content (AvgIpc) is 2.61. The number of H-pyrrole nitrogens is 1. The number of hydrogen-bond donors (Lipinski definition) is 1. The standard InChI is InChI=1S/C14H10N2O2/c17-12-9-5-4-8-11-13(12)15-16(14(11)18)10-6-2-1-3-7-10/h1-9,15H. The average molecular weight is 238 g/mol. The van der Waals surface area contributed by atoms with E-state index in [1.165, 1.54) is 10.7 Å². The summed E-state index contributed by atoms with van der Waals surface area (Å²) in [6, 6.07) is 15.6. The van der Waals surface area contributed by atoms with Gasteiger partial charge in [0.05, 0.1) is 11.1 Å². The van der Waals surface area contributed by atoms with Crippen molar-refractivity contribution in [3.05, 3.63) is 75.2 Å². The second-order valence-corrected chi connectivity index (χ2v) is 3.96. The Hall–Kier alpha value is -2.62. The van der Waals surface area contributed by atoms with Gasteiger partial charge in [0.2, 0.25) is 5.43 Å². The molecule has 3 rings (SSSR count). The number of nitrogens with one attached hydrogen (secondary N) is 1. The predicted octanol–water partition coefficient (Wildman–Crippen LogP) is 1.68. The molecule has 1 N–H and O–H groups in total. The fourth-order valence-corrected chi connectivity index (χ4v) is 1.93. The zero-order chi connectivity index (χ0) is 12.5. The molecular weight excluding hydrogens is 228 g/mol. The smallest absolute Gasteiger partial charge is 0.279 e. The molecule has 4 nitrogen and oxygen atoms in total. The van der Waals surface area contributed by atoms with Gasteiger partial charge in [0, 0.05) is 0 Å². The molecule has 0 fully saturated rings. The van der Waals surface area contributed by atoms with E-state index >= 15 is 0 Å². The Morgan fingerprint density at radius 1 is 0.833 bits per heavy atom. The molecule has 1 heterocycles. The molecule has 0 aliphatic heterocycles. The summed E-state index contributed by atoms with van der Waals surface area (Å²) in [5, 5.41) is 3.26. The van der Waals surface area contributed by atoms with Crippen LogP contribution in [0.1, 0.15) is 0 Å². The van der Waals surface area contributed by atoms with E-state index < -0.39 is 0 Å². The summed E-state index contributed by atoms with van der Waals surface area (Å²) in [4.78, 5) is 24.0. The first-order chi connectivity index (χ1) is 8.77. The number of para-hydroxylation sites is 1. The van der Waals surface area contributed by atoms with Gasteiger partial charge in [-0.25, -0.2) is 4.68 Å². The van der Waals surface area contributed by atoms with Crippen LogP contribution in [0.3, 0.4) is 0 Å². The van der Waals surface area contributed by atoms with Crippen LogP contribution >= 0.6 is 0 Å². The summed E-state index contributed by atoms with van der Waals surface area (Å²) in [7, 11) is 0. The van der Waals surface area contributed by atoms with Crippen molar-refractivity contribution in [3.8, 4) is 5.69 Å². The topological polar surface area (TPSA) is 54.9 Å². The van der Waals surface area contributed by atoms with E-state index in [2.05, 4.69) is 5.10 Å². The summed E-state index contributed by atoms with van der Waals surface area (Å²) in [5.41, 5.74) is 0.626. The maximum absolute atomic E-state index is 12.2. The van der Waals surface area contributed by atoms with E-state index in [1.54, 1.807) is 30.3 Å². The number of hydrogen-bond acceptors (Lipinski definition) is 2. The lowest BCUT2D eigenvalue weighted by atomic mass is 10.3. The molecule has 18 heavy (non-hydrogen) atoms. The SMILES string of the molecule is O=c1ccccc2c(=O)n(-c3ccccc3)[nH]c12. The lowest BCUT2D eigenvalue weighted by Gasteiger charge is -1.98. The van der Waals surface area contributed by atoms with E-state index in [9.17, 15) is 9.59 Å². The summed E-state index contributed by atoms with van der Waals surface area (Å²) in [5.74, 6) is 0. The highest BCUT2D eigenvalue weighted by Crippen LogP contribution is 2.06. The van der Waals surface area contributed by atoms with Gasteiger partial charge < -0.3 is 0 Å². The Morgan fingerprint density at radius 3 is 2.28 bits per heavy atom. The Bertz CT molecular complexity index is 816.